The minimum atomic E-state index is -0.951. The summed E-state index contributed by atoms with van der Waals surface area (Å²) in [6.45, 7) is 3.47. The topological polar surface area (TPSA) is 76.0 Å². The number of hydrogen-bond acceptors (Lipinski definition) is 4. The Morgan fingerprint density at radius 3 is 2.78 bits per heavy atom. The number of phenolic OH excluding ortho intramolecular Hbond substituents is 1. The lowest BCUT2D eigenvalue weighted by molar-refractivity contribution is -0.138. The number of carbonyl (C=O) groups is 1. The van der Waals surface area contributed by atoms with Crippen molar-refractivity contribution in [1.82, 2.24) is 0 Å². The van der Waals surface area contributed by atoms with Crippen molar-refractivity contribution in [3.63, 3.8) is 0 Å². The molecule has 0 fully saturated rings. The molecule has 2 N–H and O–H groups in total. The Balaban J connectivity index is 2.52. The largest absolute Gasteiger partial charge is 0.506 e. The van der Waals surface area contributed by atoms with E-state index in [1.807, 2.05) is 0 Å². The zero-order valence-electron chi connectivity index (χ0n) is 9.99. The van der Waals surface area contributed by atoms with Gasteiger partial charge < -0.3 is 19.7 Å². The van der Waals surface area contributed by atoms with Crippen LogP contribution in [0.5, 0.6) is 17.2 Å². The molecule has 2 rings (SSSR count). The molecule has 0 spiro atoms. The Bertz CT molecular complexity index is 510. The van der Waals surface area contributed by atoms with Gasteiger partial charge >= 0.3 is 5.97 Å². The highest BCUT2D eigenvalue weighted by molar-refractivity contribution is 6.34. The quantitative estimate of drug-likeness (QED) is 0.884. The molecule has 0 bridgehead atoms. The van der Waals surface area contributed by atoms with Gasteiger partial charge in [0.25, 0.3) is 0 Å². The lowest BCUT2D eigenvalue weighted by atomic mass is 9.81. The van der Waals surface area contributed by atoms with Crippen LogP contribution in [0.3, 0.4) is 0 Å². The summed E-state index contributed by atoms with van der Waals surface area (Å²) < 4.78 is 10.3. The molecule has 1 aliphatic heterocycles. The summed E-state index contributed by atoms with van der Waals surface area (Å²) in [5, 5.41) is 19.0. The molecule has 0 saturated carbocycles. The van der Waals surface area contributed by atoms with Crippen molar-refractivity contribution in [1.29, 1.82) is 0 Å². The molecule has 98 valence electrons. The van der Waals surface area contributed by atoms with Crippen LogP contribution in [0.2, 0.25) is 5.02 Å². The average Bonchev–Trinajstić information content (AvgIpc) is 2.69. The number of carboxylic acids is 1. The first kappa shape index (κ1) is 12.8. The third kappa shape index (κ3) is 2.06. The third-order valence-corrected chi connectivity index (χ3v) is 3.25. The molecule has 0 atom stereocenters. The monoisotopic (exact) mass is 272 g/mol. The van der Waals surface area contributed by atoms with Crippen LogP contribution in [-0.2, 0) is 10.2 Å². The molecule has 18 heavy (non-hydrogen) atoms. The first-order valence-corrected chi connectivity index (χ1v) is 5.74. The van der Waals surface area contributed by atoms with E-state index < -0.39 is 11.4 Å². The summed E-state index contributed by atoms with van der Waals surface area (Å²) in [5.41, 5.74) is -0.334. The van der Waals surface area contributed by atoms with Gasteiger partial charge in [-0.15, -0.1) is 0 Å². The van der Waals surface area contributed by atoms with E-state index in [9.17, 15) is 9.90 Å². The van der Waals surface area contributed by atoms with E-state index in [0.29, 0.717) is 17.1 Å². The van der Waals surface area contributed by atoms with Gasteiger partial charge in [-0.3, -0.25) is 4.79 Å². The van der Waals surface area contributed by atoms with Crippen molar-refractivity contribution < 1.29 is 24.5 Å². The van der Waals surface area contributed by atoms with E-state index in [2.05, 4.69) is 0 Å². The Morgan fingerprint density at radius 1 is 1.50 bits per heavy atom. The molecule has 1 aliphatic rings. The number of benzene rings is 1. The molecule has 1 aromatic carbocycles. The van der Waals surface area contributed by atoms with Gasteiger partial charge in [0.2, 0.25) is 6.79 Å². The van der Waals surface area contributed by atoms with Gasteiger partial charge in [0, 0.05) is 11.0 Å². The summed E-state index contributed by atoms with van der Waals surface area (Å²) in [6.07, 6.45) is -0.128. The summed E-state index contributed by atoms with van der Waals surface area (Å²) in [6, 6.07) is 1.58. The van der Waals surface area contributed by atoms with E-state index in [1.165, 1.54) is 0 Å². The normalized spacial score (nSPS) is 13.7. The van der Waals surface area contributed by atoms with Gasteiger partial charge in [-0.1, -0.05) is 25.4 Å². The highest BCUT2D eigenvalue weighted by Gasteiger charge is 2.32. The number of ether oxygens (including phenoxy) is 2. The maximum absolute atomic E-state index is 10.8. The second-order valence-electron chi connectivity index (χ2n) is 4.77. The number of halogens is 1. The second kappa shape index (κ2) is 4.24. The molecular weight excluding hydrogens is 260 g/mol. The smallest absolute Gasteiger partial charge is 0.304 e. The summed E-state index contributed by atoms with van der Waals surface area (Å²) in [4.78, 5) is 10.8. The standard InChI is InChI=1S/C12H13ClO5/c1-12(2,4-8(14)15)6-3-7-11(18-5-17-7)9(13)10(6)16/h3,16H,4-5H2,1-2H3,(H,14,15). The van der Waals surface area contributed by atoms with Gasteiger partial charge in [-0.05, 0) is 6.07 Å². The minimum Gasteiger partial charge on any atom is -0.506 e. The van der Waals surface area contributed by atoms with Gasteiger partial charge in [0.05, 0.1) is 6.42 Å². The molecule has 0 aliphatic carbocycles. The fraction of sp³-hybridized carbons (Fsp3) is 0.417. The molecule has 0 unspecified atom stereocenters. The van der Waals surface area contributed by atoms with Crippen LogP contribution in [0.4, 0.5) is 0 Å². The molecule has 0 aromatic heterocycles. The van der Waals surface area contributed by atoms with Crippen LogP contribution in [0, 0.1) is 0 Å². The molecule has 0 amide bonds. The Hall–Kier alpha value is -1.62. The van der Waals surface area contributed by atoms with Crippen molar-refractivity contribution in [2.24, 2.45) is 0 Å². The Labute approximate surface area is 109 Å². The van der Waals surface area contributed by atoms with Crippen molar-refractivity contribution in [3.8, 4) is 17.2 Å². The second-order valence-corrected chi connectivity index (χ2v) is 5.15. The Kier molecular flexibility index (Phi) is 3.02. The predicted octanol–water partition coefficient (Wildman–Crippen LogP) is 2.53. The summed E-state index contributed by atoms with van der Waals surface area (Å²) >= 11 is 5.98. The molecule has 5 nitrogen and oxygen atoms in total. The van der Waals surface area contributed by atoms with Crippen molar-refractivity contribution in [3.05, 3.63) is 16.7 Å². The molecule has 0 saturated heterocycles. The van der Waals surface area contributed by atoms with Crippen LogP contribution in [-0.4, -0.2) is 23.0 Å². The molecule has 1 heterocycles. The number of carboxylic acid groups (broad SMARTS) is 1. The van der Waals surface area contributed by atoms with Gasteiger partial charge in [0.1, 0.15) is 10.8 Å². The van der Waals surface area contributed by atoms with E-state index >= 15 is 0 Å². The first-order chi connectivity index (χ1) is 8.33. The van der Waals surface area contributed by atoms with Crippen LogP contribution in [0.15, 0.2) is 6.07 Å². The first-order valence-electron chi connectivity index (χ1n) is 5.36. The van der Waals surface area contributed by atoms with Crippen molar-refractivity contribution in [2.45, 2.75) is 25.7 Å². The van der Waals surface area contributed by atoms with Gasteiger partial charge in [-0.25, -0.2) is 0 Å². The fourth-order valence-electron chi connectivity index (χ4n) is 1.98. The lowest BCUT2D eigenvalue weighted by Crippen LogP contribution is -2.21. The predicted molar refractivity (Wildman–Crippen MR) is 64.5 cm³/mol. The maximum atomic E-state index is 10.8. The number of aliphatic carboxylic acids is 1. The number of aromatic hydroxyl groups is 1. The zero-order valence-corrected chi connectivity index (χ0v) is 10.7. The fourth-order valence-corrected chi connectivity index (χ4v) is 2.23. The van der Waals surface area contributed by atoms with Crippen LogP contribution in [0.25, 0.3) is 0 Å². The van der Waals surface area contributed by atoms with Gasteiger partial charge in [-0.2, -0.15) is 0 Å². The van der Waals surface area contributed by atoms with E-state index in [0.717, 1.165) is 0 Å². The average molecular weight is 273 g/mol. The number of phenols is 1. The van der Waals surface area contributed by atoms with Crippen molar-refractivity contribution >= 4 is 17.6 Å². The molecule has 1 aromatic rings. The van der Waals surface area contributed by atoms with E-state index in [1.54, 1.807) is 19.9 Å². The maximum Gasteiger partial charge on any atom is 0.304 e. The number of fused-ring (bicyclic) bond motifs is 1. The molecule has 0 radical (unpaired) electrons. The Morgan fingerprint density at radius 2 is 2.17 bits per heavy atom. The lowest BCUT2D eigenvalue weighted by Gasteiger charge is -2.24. The third-order valence-electron chi connectivity index (χ3n) is 2.90. The number of hydrogen-bond donors (Lipinski definition) is 2. The SMILES string of the molecule is CC(C)(CC(=O)O)c1cc2c(c(Cl)c1O)OCO2. The van der Waals surface area contributed by atoms with Crippen molar-refractivity contribution in [2.75, 3.05) is 6.79 Å². The molecular formula is C12H13ClO5. The summed E-state index contributed by atoms with van der Waals surface area (Å²) in [7, 11) is 0. The van der Waals surface area contributed by atoms with Gasteiger partial charge in [0.15, 0.2) is 11.5 Å². The zero-order chi connectivity index (χ0) is 13.5. The van der Waals surface area contributed by atoms with Crippen LogP contribution >= 0.6 is 11.6 Å². The van der Waals surface area contributed by atoms with E-state index in [-0.39, 0.29) is 24.0 Å². The minimum absolute atomic E-state index is 0.0390. The van der Waals surface area contributed by atoms with Crippen LogP contribution < -0.4 is 9.47 Å². The number of rotatable bonds is 3. The molecule has 6 heteroatoms. The van der Waals surface area contributed by atoms with E-state index in [4.69, 9.17) is 26.2 Å². The highest BCUT2D eigenvalue weighted by Crippen LogP contribution is 2.49. The van der Waals surface area contributed by atoms with Crippen LogP contribution in [0.1, 0.15) is 25.8 Å². The highest BCUT2D eigenvalue weighted by atomic mass is 35.5. The summed E-state index contributed by atoms with van der Waals surface area (Å²) in [5.74, 6) is -0.393.